The zero-order valence-corrected chi connectivity index (χ0v) is 14.4. The Labute approximate surface area is 143 Å². The normalized spacial score (nSPS) is 11.3. The molecule has 126 valence electrons. The zero-order chi connectivity index (χ0) is 16.8. The summed E-state index contributed by atoms with van der Waals surface area (Å²) >= 11 is 0. The zero-order valence-electron chi connectivity index (χ0n) is 14.4. The number of nitrogens with one attached hydrogen (secondary N) is 1. The molecule has 0 aliphatic rings. The van der Waals surface area contributed by atoms with E-state index in [-0.39, 0.29) is 0 Å². The molecular formula is C19H25N5. The molecule has 0 spiro atoms. The molecule has 0 fully saturated rings. The van der Waals surface area contributed by atoms with Crippen LogP contribution in [0, 0.1) is 0 Å². The van der Waals surface area contributed by atoms with Crippen LogP contribution in [-0.4, -0.2) is 39.1 Å². The Morgan fingerprint density at radius 1 is 1.04 bits per heavy atom. The van der Waals surface area contributed by atoms with Gasteiger partial charge in [-0.25, -0.2) is 4.98 Å². The minimum atomic E-state index is 0.747. The van der Waals surface area contributed by atoms with Crippen LogP contribution in [0.15, 0.2) is 48.8 Å². The highest BCUT2D eigenvalue weighted by atomic mass is 15.2. The van der Waals surface area contributed by atoms with E-state index in [2.05, 4.69) is 51.8 Å². The number of likely N-dealkylation sites (N-methyl/N-ethyl adjacent to an activating group) is 1. The van der Waals surface area contributed by atoms with Crippen LogP contribution < -0.4 is 5.32 Å². The number of anilines is 1. The third kappa shape index (κ3) is 3.74. The standard InChI is InChI=1S/C19H25N5/c1-3-23(4-2)13-14-24-18-8-6-5-7-17(18)22-19(24)21-15-16-9-11-20-12-10-16/h5-12H,3-4,13-15H2,1-2H3,(H,21,22). The quantitative estimate of drug-likeness (QED) is 0.690. The van der Waals surface area contributed by atoms with E-state index in [0.717, 1.165) is 44.2 Å². The maximum atomic E-state index is 4.78. The summed E-state index contributed by atoms with van der Waals surface area (Å²) in [4.78, 5) is 11.3. The van der Waals surface area contributed by atoms with Gasteiger partial charge < -0.3 is 14.8 Å². The Hall–Kier alpha value is -2.40. The average molecular weight is 323 g/mol. The minimum Gasteiger partial charge on any atom is -0.352 e. The van der Waals surface area contributed by atoms with E-state index in [1.165, 1.54) is 11.1 Å². The van der Waals surface area contributed by atoms with Crippen LogP contribution in [-0.2, 0) is 13.1 Å². The third-order valence-electron chi connectivity index (χ3n) is 4.39. The number of benzene rings is 1. The van der Waals surface area contributed by atoms with Crippen LogP contribution in [0.3, 0.4) is 0 Å². The van der Waals surface area contributed by atoms with Crippen LogP contribution in [0.5, 0.6) is 0 Å². The number of pyridine rings is 1. The molecule has 0 aliphatic carbocycles. The van der Waals surface area contributed by atoms with Gasteiger partial charge >= 0.3 is 0 Å². The van der Waals surface area contributed by atoms with E-state index < -0.39 is 0 Å². The number of nitrogens with zero attached hydrogens (tertiary/aromatic N) is 4. The van der Waals surface area contributed by atoms with Crippen molar-refractivity contribution in [2.24, 2.45) is 0 Å². The molecule has 0 unspecified atom stereocenters. The SMILES string of the molecule is CCN(CC)CCn1c(NCc2ccncc2)nc2ccccc21. The van der Waals surface area contributed by atoms with E-state index in [4.69, 9.17) is 4.98 Å². The Kier molecular flexibility index (Phi) is 5.43. The van der Waals surface area contributed by atoms with Gasteiger partial charge in [-0.05, 0) is 42.9 Å². The molecule has 5 heteroatoms. The number of aromatic nitrogens is 3. The summed E-state index contributed by atoms with van der Waals surface area (Å²) in [6.45, 7) is 9.26. The molecule has 1 aromatic carbocycles. The number of imidazole rings is 1. The number of hydrogen-bond acceptors (Lipinski definition) is 4. The van der Waals surface area contributed by atoms with Crippen molar-refractivity contribution < 1.29 is 0 Å². The van der Waals surface area contributed by atoms with E-state index >= 15 is 0 Å². The second kappa shape index (κ2) is 7.93. The molecule has 5 nitrogen and oxygen atoms in total. The first-order chi connectivity index (χ1) is 11.8. The van der Waals surface area contributed by atoms with Crippen molar-refractivity contribution in [2.45, 2.75) is 26.9 Å². The van der Waals surface area contributed by atoms with Crippen molar-refractivity contribution in [1.82, 2.24) is 19.4 Å². The van der Waals surface area contributed by atoms with Gasteiger partial charge in [-0.15, -0.1) is 0 Å². The lowest BCUT2D eigenvalue weighted by Gasteiger charge is -2.19. The predicted molar refractivity (Wildman–Crippen MR) is 99.1 cm³/mol. The molecule has 3 rings (SSSR count). The summed E-state index contributed by atoms with van der Waals surface area (Å²) in [5.74, 6) is 0.931. The van der Waals surface area contributed by atoms with Gasteiger partial charge in [-0.1, -0.05) is 26.0 Å². The highest BCUT2D eigenvalue weighted by Gasteiger charge is 2.11. The largest absolute Gasteiger partial charge is 0.352 e. The number of fused-ring (bicyclic) bond motifs is 1. The first-order valence-electron chi connectivity index (χ1n) is 8.62. The van der Waals surface area contributed by atoms with Crippen LogP contribution in [0.25, 0.3) is 11.0 Å². The summed E-state index contributed by atoms with van der Waals surface area (Å²) in [6, 6.07) is 12.4. The molecule has 0 saturated carbocycles. The van der Waals surface area contributed by atoms with Crippen molar-refractivity contribution in [3.8, 4) is 0 Å². The van der Waals surface area contributed by atoms with Gasteiger partial charge in [0.05, 0.1) is 11.0 Å². The van der Waals surface area contributed by atoms with Crippen molar-refractivity contribution in [2.75, 3.05) is 25.0 Å². The molecule has 0 saturated heterocycles. The lowest BCUT2D eigenvalue weighted by molar-refractivity contribution is 0.292. The molecule has 2 aromatic heterocycles. The van der Waals surface area contributed by atoms with Crippen LogP contribution in [0.4, 0.5) is 5.95 Å². The lowest BCUT2D eigenvalue weighted by Crippen LogP contribution is -2.27. The third-order valence-corrected chi connectivity index (χ3v) is 4.39. The molecule has 1 N–H and O–H groups in total. The Balaban J connectivity index is 1.81. The van der Waals surface area contributed by atoms with Crippen LogP contribution >= 0.6 is 0 Å². The Morgan fingerprint density at radius 3 is 2.54 bits per heavy atom. The maximum Gasteiger partial charge on any atom is 0.204 e. The highest BCUT2D eigenvalue weighted by Crippen LogP contribution is 2.20. The van der Waals surface area contributed by atoms with Crippen molar-refractivity contribution in [3.63, 3.8) is 0 Å². The first-order valence-corrected chi connectivity index (χ1v) is 8.62. The number of hydrogen-bond donors (Lipinski definition) is 1. The lowest BCUT2D eigenvalue weighted by atomic mass is 10.3. The molecule has 0 amide bonds. The number of rotatable bonds is 8. The van der Waals surface area contributed by atoms with Crippen molar-refractivity contribution in [1.29, 1.82) is 0 Å². The van der Waals surface area contributed by atoms with E-state index in [1.807, 2.05) is 30.6 Å². The summed E-state index contributed by atoms with van der Waals surface area (Å²) in [5.41, 5.74) is 3.42. The predicted octanol–water partition coefficient (Wildman–Crippen LogP) is 3.39. The fourth-order valence-electron chi connectivity index (χ4n) is 2.90. The Morgan fingerprint density at radius 2 is 1.79 bits per heavy atom. The smallest absolute Gasteiger partial charge is 0.204 e. The summed E-state index contributed by atoms with van der Waals surface area (Å²) in [5, 5.41) is 3.48. The molecule has 2 heterocycles. The molecule has 0 atom stereocenters. The fourth-order valence-corrected chi connectivity index (χ4v) is 2.90. The van der Waals surface area contributed by atoms with Crippen molar-refractivity contribution >= 4 is 17.0 Å². The van der Waals surface area contributed by atoms with E-state index in [1.54, 1.807) is 0 Å². The molecule has 0 aliphatic heterocycles. The summed E-state index contributed by atoms with van der Waals surface area (Å²) in [6.07, 6.45) is 3.64. The van der Waals surface area contributed by atoms with Gasteiger partial charge in [0.1, 0.15) is 0 Å². The van der Waals surface area contributed by atoms with Gasteiger partial charge in [0.25, 0.3) is 0 Å². The van der Waals surface area contributed by atoms with E-state index in [9.17, 15) is 0 Å². The second-order valence-corrected chi connectivity index (χ2v) is 5.81. The topological polar surface area (TPSA) is 46.0 Å². The average Bonchev–Trinajstić information content (AvgIpc) is 2.99. The van der Waals surface area contributed by atoms with Crippen LogP contribution in [0.2, 0.25) is 0 Å². The molecule has 3 aromatic rings. The summed E-state index contributed by atoms with van der Waals surface area (Å²) < 4.78 is 2.29. The number of para-hydroxylation sites is 2. The minimum absolute atomic E-state index is 0.747. The molecule has 24 heavy (non-hydrogen) atoms. The van der Waals surface area contributed by atoms with Gasteiger partial charge in [0.2, 0.25) is 5.95 Å². The van der Waals surface area contributed by atoms with Crippen molar-refractivity contribution in [3.05, 3.63) is 54.4 Å². The summed E-state index contributed by atoms with van der Waals surface area (Å²) in [7, 11) is 0. The van der Waals surface area contributed by atoms with Gasteiger partial charge in [-0.3, -0.25) is 4.98 Å². The molecular weight excluding hydrogens is 298 g/mol. The first kappa shape index (κ1) is 16.5. The Bertz CT molecular complexity index is 762. The highest BCUT2D eigenvalue weighted by molar-refractivity contribution is 5.78. The fraction of sp³-hybridized carbons (Fsp3) is 0.368. The maximum absolute atomic E-state index is 4.78. The van der Waals surface area contributed by atoms with Crippen LogP contribution in [0.1, 0.15) is 19.4 Å². The molecule has 0 radical (unpaired) electrons. The molecule has 0 bridgehead atoms. The second-order valence-electron chi connectivity index (χ2n) is 5.81. The monoisotopic (exact) mass is 323 g/mol. The van der Waals surface area contributed by atoms with Gasteiger partial charge in [0, 0.05) is 32.0 Å². The van der Waals surface area contributed by atoms with E-state index in [0.29, 0.717) is 0 Å². The van der Waals surface area contributed by atoms with Gasteiger partial charge in [-0.2, -0.15) is 0 Å². The van der Waals surface area contributed by atoms with Gasteiger partial charge in [0.15, 0.2) is 0 Å².